The Morgan fingerprint density at radius 1 is 1.17 bits per heavy atom. The number of amides is 1. The van der Waals surface area contributed by atoms with Gasteiger partial charge in [-0.05, 0) is 17.7 Å². The van der Waals surface area contributed by atoms with Gasteiger partial charge in [0, 0.05) is 25.2 Å². The lowest BCUT2D eigenvalue weighted by atomic mass is 10.0. The second kappa shape index (κ2) is 8.29. The van der Waals surface area contributed by atoms with Crippen molar-refractivity contribution in [2.75, 3.05) is 18.4 Å². The lowest BCUT2D eigenvalue weighted by Gasteiger charge is -2.35. The van der Waals surface area contributed by atoms with Crippen LogP contribution in [0, 0.1) is 17.2 Å². The Labute approximate surface area is 168 Å². The molecule has 3 heterocycles. The van der Waals surface area contributed by atoms with Crippen LogP contribution in [0.1, 0.15) is 24.8 Å². The maximum atomic E-state index is 10.8. The highest BCUT2D eigenvalue weighted by molar-refractivity contribution is 5.80. The van der Waals surface area contributed by atoms with Gasteiger partial charge in [-0.15, -0.1) is 5.10 Å². The zero-order valence-electron chi connectivity index (χ0n) is 16.0. The molecule has 1 aromatic carbocycles. The number of likely N-dealkylation sites (tertiary alicyclic amines) is 1. The Morgan fingerprint density at radius 2 is 1.90 bits per heavy atom. The number of nitriles is 1. The highest BCUT2D eigenvalue weighted by atomic mass is 16.4. The zero-order valence-corrected chi connectivity index (χ0v) is 16.0. The van der Waals surface area contributed by atoms with Gasteiger partial charge in [-0.2, -0.15) is 10.2 Å². The first-order valence-corrected chi connectivity index (χ1v) is 9.69. The first-order chi connectivity index (χ1) is 14.1. The van der Waals surface area contributed by atoms with E-state index in [1.807, 2.05) is 24.3 Å². The van der Waals surface area contributed by atoms with Crippen molar-refractivity contribution in [3.8, 4) is 17.3 Å². The monoisotopic (exact) mass is 390 g/mol. The molecule has 0 unspecified atom stereocenters. The number of pyridine rings is 1. The Morgan fingerprint density at radius 3 is 2.52 bits per heavy atom. The molecular weight excluding hydrogens is 368 g/mol. The molecule has 2 aliphatic rings. The number of rotatable bonds is 4. The van der Waals surface area contributed by atoms with Crippen molar-refractivity contribution in [1.82, 2.24) is 19.5 Å². The van der Waals surface area contributed by atoms with E-state index in [-0.39, 0.29) is 11.9 Å². The van der Waals surface area contributed by atoms with Crippen LogP contribution in [0.4, 0.5) is 10.7 Å². The summed E-state index contributed by atoms with van der Waals surface area (Å²) in [5, 5.41) is 24.0. The van der Waals surface area contributed by atoms with Gasteiger partial charge in [0.1, 0.15) is 0 Å². The topological polar surface area (TPSA) is 107 Å². The van der Waals surface area contributed by atoms with E-state index in [1.165, 1.54) is 24.8 Å². The lowest BCUT2D eigenvalue weighted by Crippen LogP contribution is -2.45. The number of fused-ring (bicyclic) bond motifs is 1. The number of anilines is 1. The zero-order chi connectivity index (χ0) is 20.2. The molecule has 1 aliphatic heterocycles. The summed E-state index contributed by atoms with van der Waals surface area (Å²) in [7, 11) is 0. The molecule has 3 aromatic rings. The molecule has 2 fully saturated rings. The van der Waals surface area contributed by atoms with E-state index in [0.29, 0.717) is 5.65 Å². The largest absolute Gasteiger partial charge is 0.465 e. The number of nitrogens with one attached hydrogen (secondary N) is 1. The second-order valence-electron chi connectivity index (χ2n) is 7.32. The number of benzene rings is 1. The van der Waals surface area contributed by atoms with E-state index in [0.717, 1.165) is 30.9 Å². The molecule has 1 aliphatic carbocycles. The van der Waals surface area contributed by atoms with E-state index in [2.05, 4.69) is 38.5 Å². The number of aromatic nitrogens is 3. The predicted octanol–water partition coefficient (Wildman–Crippen LogP) is 3.61. The number of carboxylic acid groups (broad SMARTS) is 1. The van der Waals surface area contributed by atoms with E-state index in [9.17, 15) is 4.79 Å². The third-order valence-electron chi connectivity index (χ3n) is 4.73. The molecule has 1 saturated heterocycles. The van der Waals surface area contributed by atoms with Gasteiger partial charge in [0.25, 0.3) is 5.95 Å². The first-order valence-electron chi connectivity index (χ1n) is 9.69. The van der Waals surface area contributed by atoms with Gasteiger partial charge in [0.15, 0.2) is 5.65 Å². The quantitative estimate of drug-likeness (QED) is 0.705. The fraction of sp³-hybridized carbons (Fsp3) is 0.333. The SMILES string of the molecule is C1CC1.N#CC1CN(Cc2ccc(-c3cccc4nc(NC(=O)O)nn34)cc2)C1. The van der Waals surface area contributed by atoms with Crippen molar-refractivity contribution in [1.29, 1.82) is 5.26 Å². The van der Waals surface area contributed by atoms with E-state index in [1.54, 1.807) is 10.6 Å². The third kappa shape index (κ3) is 4.70. The average Bonchev–Trinajstić information content (AvgIpc) is 3.50. The molecule has 29 heavy (non-hydrogen) atoms. The summed E-state index contributed by atoms with van der Waals surface area (Å²) in [4.78, 5) is 17.2. The van der Waals surface area contributed by atoms with E-state index >= 15 is 0 Å². The molecular formula is C21H22N6O2. The maximum Gasteiger partial charge on any atom is 0.411 e. The maximum absolute atomic E-state index is 10.8. The lowest BCUT2D eigenvalue weighted by molar-refractivity contribution is 0.127. The van der Waals surface area contributed by atoms with Crippen LogP contribution in [-0.4, -0.2) is 43.8 Å². The minimum Gasteiger partial charge on any atom is -0.465 e. The molecule has 8 nitrogen and oxygen atoms in total. The van der Waals surface area contributed by atoms with Crippen LogP contribution >= 0.6 is 0 Å². The van der Waals surface area contributed by atoms with E-state index < -0.39 is 6.09 Å². The van der Waals surface area contributed by atoms with Gasteiger partial charge in [-0.25, -0.2) is 9.31 Å². The molecule has 148 valence electrons. The van der Waals surface area contributed by atoms with Crippen molar-refractivity contribution in [2.24, 2.45) is 5.92 Å². The first kappa shape index (κ1) is 18.9. The van der Waals surface area contributed by atoms with Crippen molar-refractivity contribution in [2.45, 2.75) is 25.8 Å². The van der Waals surface area contributed by atoms with Crippen molar-refractivity contribution < 1.29 is 9.90 Å². The predicted molar refractivity (Wildman–Crippen MR) is 108 cm³/mol. The van der Waals surface area contributed by atoms with Crippen LogP contribution < -0.4 is 5.32 Å². The van der Waals surface area contributed by atoms with Crippen LogP contribution in [0.2, 0.25) is 0 Å². The Bertz CT molecular complexity index is 1040. The molecule has 1 saturated carbocycles. The fourth-order valence-electron chi connectivity index (χ4n) is 3.09. The molecule has 0 bridgehead atoms. The van der Waals surface area contributed by atoms with Crippen LogP contribution in [0.5, 0.6) is 0 Å². The number of nitrogens with zero attached hydrogens (tertiary/aromatic N) is 5. The minimum absolute atomic E-state index is 0.0476. The molecule has 8 heteroatoms. The highest BCUT2D eigenvalue weighted by Gasteiger charge is 2.25. The molecule has 0 radical (unpaired) electrons. The summed E-state index contributed by atoms with van der Waals surface area (Å²) in [6.07, 6.45) is 3.30. The Hall–Kier alpha value is -3.44. The molecule has 5 rings (SSSR count). The number of hydrogen-bond donors (Lipinski definition) is 2. The number of hydrogen-bond acceptors (Lipinski definition) is 5. The number of carbonyl (C=O) groups is 1. The van der Waals surface area contributed by atoms with Crippen molar-refractivity contribution in [3.63, 3.8) is 0 Å². The van der Waals surface area contributed by atoms with Gasteiger partial charge < -0.3 is 5.11 Å². The normalized spacial score (nSPS) is 15.7. The molecule has 0 atom stereocenters. The van der Waals surface area contributed by atoms with Crippen LogP contribution in [-0.2, 0) is 6.54 Å². The van der Waals surface area contributed by atoms with E-state index in [4.69, 9.17) is 10.4 Å². The smallest absolute Gasteiger partial charge is 0.411 e. The van der Waals surface area contributed by atoms with Crippen LogP contribution in [0.15, 0.2) is 42.5 Å². The summed E-state index contributed by atoms with van der Waals surface area (Å²) in [5.74, 6) is 0.208. The average molecular weight is 390 g/mol. The van der Waals surface area contributed by atoms with Gasteiger partial charge in [0.05, 0.1) is 17.7 Å². The molecule has 2 aromatic heterocycles. The van der Waals surface area contributed by atoms with Gasteiger partial charge in [-0.1, -0.05) is 49.6 Å². The second-order valence-corrected chi connectivity index (χ2v) is 7.32. The Balaban J connectivity index is 0.000000626. The summed E-state index contributed by atoms with van der Waals surface area (Å²) in [6.45, 7) is 2.49. The van der Waals surface area contributed by atoms with Gasteiger partial charge >= 0.3 is 6.09 Å². The summed E-state index contributed by atoms with van der Waals surface area (Å²) < 4.78 is 1.62. The molecule has 1 amide bonds. The summed E-state index contributed by atoms with van der Waals surface area (Å²) in [5.41, 5.74) is 3.54. The molecule has 2 N–H and O–H groups in total. The summed E-state index contributed by atoms with van der Waals surface area (Å²) >= 11 is 0. The van der Waals surface area contributed by atoms with Gasteiger partial charge in [-0.3, -0.25) is 10.2 Å². The fourth-order valence-corrected chi connectivity index (χ4v) is 3.09. The standard InChI is InChI=1S/C18H16N6O2.C3H6/c19-8-13-10-23(11-13)9-12-4-6-14(7-5-12)15-2-1-3-16-20-17(21-18(25)26)22-24(15)16;1-2-3-1/h1-7,13H,9-11H2,(H,21,22)(H,25,26);1-3H2. The van der Waals surface area contributed by atoms with Crippen molar-refractivity contribution in [3.05, 3.63) is 48.0 Å². The van der Waals surface area contributed by atoms with Crippen LogP contribution in [0.25, 0.3) is 16.9 Å². The third-order valence-corrected chi connectivity index (χ3v) is 4.73. The summed E-state index contributed by atoms with van der Waals surface area (Å²) in [6, 6.07) is 16.0. The molecule has 0 spiro atoms. The van der Waals surface area contributed by atoms with Crippen LogP contribution in [0.3, 0.4) is 0 Å². The van der Waals surface area contributed by atoms with Crippen molar-refractivity contribution >= 4 is 17.7 Å². The van der Waals surface area contributed by atoms with Gasteiger partial charge in [0.2, 0.25) is 0 Å². The Kier molecular flexibility index (Phi) is 5.40. The highest BCUT2D eigenvalue weighted by Crippen LogP contribution is 2.23. The minimum atomic E-state index is -1.20.